The highest BCUT2D eigenvalue weighted by Gasteiger charge is 2.31. The minimum Gasteiger partial charge on any atom is -0.383 e. The van der Waals surface area contributed by atoms with Crippen LogP contribution in [0.15, 0.2) is 60.7 Å². The van der Waals surface area contributed by atoms with Crippen molar-refractivity contribution < 1.29 is 9.01 Å². The van der Waals surface area contributed by atoms with Crippen molar-refractivity contribution in [2.24, 2.45) is 0 Å². The Bertz CT molecular complexity index is 524. The molecule has 0 saturated heterocycles. The van der Waals surface area contributed by atoms with Gasteiger partial charge < -0.3 is 4.44 Å². The Hall–Kier alpha value is -1.31. The molecule has 2 rings (SSSR count). The van der Waals surface area contributed by atoms with Gasteiger partial charge in [0.25, 0.3) is 0 Å². The molecule has 0 N–H and O–H groups in total. The molecular weight excluding hydrogens is 266 g/mol. The van der Waals surface area contributed by atoms with Crippen LogP contribution >= 0.6 is 7.37 Å². The largest absolute Gasteiger partial charge is 0.383 e. The molecule has 0 spiro atoms. The highest BCUT2D eigenvalue weighted by Crippen LogP contribution is 2.45. The summed E-state index contributed by atoms with van der Waals surface area (Å²) in [5, 5.41) is 1.52. The Morgan fingerprint density at radius 2 is 1.25 bits per heavy atom. The lowest BCUT2D eigenvalue weighted by atomic mass is 9.63. The molecule has 0 heterocycles. The van der Waals surface area contributed by atoms with E-state index in [0.29, 0.717) is 0 Å². The number of rotatable bonds is 6. The maximum absolute atomic E-state index is 13.5. The summed E-state index contributed by atoms with van der Waals surface area (Å²) < 4.78 is 19.6. The summed E-state index contributed by atoms with van der Waals surface area (Å²) in [6, 6.07) is 19.0. The molecule has 2 aromatic rings. The summed E-state index contributed by atoms with van der Waals surface area (Å²) in [6.45, 7) is 4.14. The lowest BCUT2D eigenvalue weighted by Gasteiger charge is -2.23. The van der Waals surface area contributed by atoms with Crippen molar-refractivity contribution in [3.05, 3.63) is 60.7 Å². The Morgan fingerprint density at radius 3 is 1.60 bits per heavy atom. The highest BCUT2D eigenvalue weighted by molar-refractivity contribution is 7.75. The van der Waals surface area contributed by atoms with E-state index < -0.39 is 7.37 Å². The average molecular weight is 286 g/mol. The fourth-order valence-electron chi connectivity index (χ4n) is 2.17. The smallest absolute Gasteiger partial charge is 0.301 e. The Kier molecular flexibility index (Phi) is 5.22. The maximum atomic E-state index is 13.5. The van der Waals surface area contributed by atoms with Crippen LogP contribution in [0, 0.1) is 0 Å². The van der Waals surface area contributed by atoms with Gasteiger partial charge in [0.15, 0.2) is 0 Å². The van der Waals surface area contributed by atoms with Crippen molar-refractivity contribution in [1.29, 1.82) is 0 Å². The first kappa shape index (κ1) is 15.1. The second-order valence-electron chi connectivity index (χ2n) is 4.77. The van der Waals surface area contributed by atoms with E-state index in [1.54, 1.807) is 0 Å². The van der Waals surface area contributed by atoms with Crippen molar-refractivity contribution >= 4 is 24.9 Å². The molecule has 0 fully saturated rings. The summed E-state index contributed by atoms with van der Waals surface area (Å²) >= 11 is 0. The van der Waals surface area contributed by atoms with Gasteiger partial charge in [-0.25, -0.2) is 0 Å². The van der Waals surface area contributed by atoms with Crippen LogP contribution in [0.5, 0.6) is 0 Å². The van der Waals surface area contributed by atoms with Gasteiger partial charge in [-0.2, -0.15) is 0 Å². The summed E-state index contributed by atoms with van der Waals surface area (Å²) in [4.78, 5) is 0. The van der Waals surface area contributed by atoms with E-state index in [1.807, 2.05) is 60.7 Å². The molecule has 4 heteroatoms. The molecule has 0 radical (unpaired) electrons. The highest BCUT2D eigenvalue weighted by atomic mass is 31.2. The quantitative estimate of drug-likeness (QED) is 0.593. The van der Waals surface area contributed by atoms with Crippen LogP contribution in [0.3, 0.4) is 0 Å². The van der Waals surface area contributed by atoms with Crippen LogP contribution in [-0.4, -0.2) is 6.92 Å². The monoisotopic (exact) mass is 286 g/mol. The van der Waals surface area contributed by atoms with Crippen LogP contribution in [-0.2, 0) is 9.01 Å². The van der Waals surface area contributed by atoms with Crippen molar-refractivity contribution in [2.45, 2.75) is 26.5 Å². The zero-order valence-electron chi connectivity index (χ0n) is 12.0. The zero-order valence-corrected chi connectivity index (χ0v) is 12.9. The van der Waals surface area contributed by atoms with Gasteiger partial charge in [0.2, 0.25) is 7.37 Å². The summed E-state index contributed by atoms with van der Waals surface area (Å²) in [5.41, 5.74) is 0. The second kappa shape index (κ2) is 6.92. The standard InChI is InChI=1S/C16H20BO2P/c1-3-17(4-2)19-20(18,15-11-7-5-8-12-15)16-13-9-6-10-14-16/h5-14H,3-4H2,1-2H3. The van der Waals surface area contributed by atoms with Gasteiger partial charge in [-0.15, -0.1) is 0 Å². The average Bonchev–Trinajstić information content (AvgIpc) is 2.54. The molecule has 104 valence electrons. The van der Waals surface area contributed by atoms with E-state index in [1.165, 1.54) is 0 Å². The molecule has 0 unspecified atom stereocenters. The predicted octanol–water partition coefficient (Wildman–Crippen LogP) is 3.96. The fraction of sp³-hybridized carbons (Fsp3) is 0.250. The van der Waals surface area contributed by atoms with Gasteiger partial charge in [-0.1, -0.05) is 50.2 Å². The molecular formula is C16H20BO2P. The SMILES string of the molecule is CCB(CC)OP(=O)(c1ccccc1)c1ccccc1. The third kappa shape index (κ3) is 3.23. The van der Waals surface area contributed by atoms with Crippen LogP contribution in [0.4, 0.5) is 0 Å². The van der Waals surface area contributed by atoms with Crippen LogP contribution < -0.4 is 10.6 Å². The van der Waals surface area contributed by atoms with Gasteiger partial charge in [0.1, 0.15) is 0 Å². The van der Waals surface area contributed by atoms with Crippen molar-refractivity contribution in [1.82, 2.24) is 0 Å². The number of hydrogen-bond donors (Lipinski definition) is 0. The Morgan fingerprint density at radius 1 is 0.850 bits per heavy atom. The molecule has 2 nitrogen and oxygen atoms in total. The van der Waals surface area contributed by atoms with Gasteiger partial charge in [-0.3, -0.25) is 4.57 Å². The third-order valence-corrected chi connectivity index (χ3v) is 5.95. The molecule has 20 heavy (non-hydrogen) atoms. The lowest BCUT2D eigenvalue weighted by Crippen LogP contribution is -2.24. The second-order valence-corrected chi connectivity index (χ2v) is 7.11. The molecule has 0 bridgehead atoms. The Labute approximate surface area is 121 Å². The first-order valence-electron chi connectivity index (χ1n) is 7.10. The van der Waals surface area contributed by atoms with E-state index in [4.69, 9.17) is 4.44 Å². The van der Waals surface area contributed by atoms with Crippen LogP contribution in [0.1, 0.15) is 13.8 Å². The number of benzene rings is 2. The molecule has 0 atom stereocenters. The van der Waals surface area contributed by atoms with E-state index in [0.717, 1.165) is 23.2 Å². The molecule has 0 saturated carbocycles. The minimum absolute atomic E-state index is 0.0150. The van der Waals surface area contributed by atoms with E-state index >= 15 is 0 Å². The normalized spacial score (nSPS) is 11.3. The Balaban J connectivity index is 2.47. The van der Waals surface area contributed by atoms with Gasteiger partial charge in [-0.05, 0) is 36.9 Å². The predicted molar refractivity (Wildman–Crippen MR) is 87.6 cm³/mol. The van der Waals surface area contributed by atoms with Crippen molar-refractivity contribution in [2.75, 3.05) is 0 Å². The van der Waals surface area contributed by atoms with E-state index in [-0.39, 0.29) is 6.92 Å². The van der Waals surface area contributed by atoms with Crippen LogP contribution in [0.2, 0.25) is 12.6 Å². The van der Waals surface area contributed by atoms with E-state index in [2.05, 4.69) is 13.8 Å². The molecule has 0 aliphatic carbocycles. The zero-order chi connectivity index (χ0) is 14.4. The van der Waals surface area contributed by atoms with E-state index in [9.17, 15) is 4.57 Å². The first-order valence-corrected chi connectivity index (χ1v) is 8.72. The topological polar surface area (TPSA) is 26.3 Å². The molecule has 2 aromatic carbocycles. The van der Waals surface area contributed by atoms with Gasteiger partial charge >= 0.3 is 6.92 Å². The van der Waals surface area contributed by atoms with Crippen molar-refractivity contribution in [3.63, 3.8) is 0 Å². The van der Waals surface area contributed by atoms with Crippen molar-refractivity contribution in [3.8, 4) is 0 Å². The van der Waals surface area contributed by atoms with Crippen LogP contribution in [0.25, 0.3) is 0 Å². The third-order valence-electron chi connectivity index (χ3n) is 3.40. The molecule has 0 aromatic heterocycles. The van der Waals surface area contributed by atoms with Gasteiger partial charge in [0, 0.05) is 10.6 Å². The maximum Gasteiger partial charge on any atom is 0.301 e. The lowest BCUT2D eigenvalue weighted by molar-refractivity contribution is 0.506. The molecule has 0 aliphatic rings. The van der Waals surface area contributed by atoms with Gasteiger partial charge in [0.05, 0.1) is 0 Å². The molecule has 0 amide bonds. The summed E-state index contributed by atoms with van der Waals surface area (Å²) in [7, 11) is -3.01. The minimum atomic E-state index is -3.01. The fourth-order valence-corrected chi connectivity index (χ4v) is 4.56. The summed E-state index contributed by atoms with van der Waals surface area (Å²) in [6.07, 6.45) is 1.72. The number of hydrogen-bond acceptors (Lipinski definition) is 2. The first-order chi connectivity index (χ1) is 9.70. The molecule has 0 aliphatic heterocycles. The summed E-state index contributed by atoms with van der Waals surface area (Å²) in [5.74, 6) is 0.